The van der Waals surface area contributed by atoms with Crippen LogP contribution in [0.2, 0.25) is 5.02 Å². The number of amides is 3. The van der Waals surface area contributed by atoms with Crippen molar-refractivity contribution in [2.45, 2.75) is 63.7 Å². The van der Waals surface area contributed by atoms with Crippen LogP contribution in [-0.2, 0) is 26.7 Å². The third-order valence-electron chi connectivity index (χ3n) is 5.99. The maximum atomic E-state index is 13.6. The summed E-state index contributed by atoms with van der Waals surface area (Å²) in [6, 6.07) is 2.08. The fourth-order valence-corrected chi connectivity index (χ4v) is 4.24. The van der Waals surface area contributed by atoms with Crippen molar-refractivity contribution in [3.8, 4) is 5.75 Å². The highest BCUT2D eigenvalue weighted by molar-refractivity contribution is 6.30. The van der Waals surface area contributed by atoms with Crippen LogP contribution in [0.3, 0.4) is 0 Å². The predicted molar refractivity (Wildman–Crippen MR) is 140 cm³/mol. The van der Waals surface area contributed by atoms with Crippen LogP contribution in [0.15, 0.2) is 36.4 Å². The number of halogens is 8. The van der Waals surface area contributed by atoms with Crippen LogP contribution >= 0.6 is 11.6 Å². The number of nitrogens with one attached hydrogen (secondary N) is 2. The summed E-state index contributed by atoms with van der Waals surface area (Å²) in [5, 5.41) is 4.51. The number of carbonyl (C=O) groups excluding carboxylic acids is 3. The van der Waals surface area contributed by atoms with Gasteiger partial charge in [0.25, 0.3) is 5.91 Å². The molecule has 0 unspecified atom stereocenters. The lowest BCUT2D eigenvalue weighted by molar-refractivity contribution is -0.143. The van der Waals surface area contributed by atoms with Crippen LogP contribution in [0.1, 0.15) is 44.7 Å². The molecule has 236 valence electrons. The van der Waals surface area contributed by atoms with Crippen LogP contribution < -0.4 is 15.4 Å². The van der Waals surface area contributed by atoms with Gasteiger partial charge in [-0.15, -0.1) is 0 Å². The van der Waals surface area contributed by atoms with E-state index in [1.807, 2.05) is 0 Å². The monoisotopic (exact) mass is 641 g/mol. The average Bonchev–Trinajstić information content (AvgIpc) is 2.87. The van der Waals surface area contributed by atoms with Gasteiger partial charge in [0, 0.05) is 24.3 Å². The summed E-state index contributed by atoms with van der Waals surface area (Å²) in [5.74, 6) is -2.45. The fourth-order valence-electron chi connectivity index (χ4n) is 4.12. The van der Waals surface area contributed by atoms with Gasteiger partial charge in [-0.05, 0) is 63.9 Å². The molecule has 16 heteroatoms. The molecule has 0 spiro atoms. The van der Waals surface area contributed by atoms with E-state index in [9.17, 15) is 45.1 Å². The SMILES string of the molecule is CC(C)(C)OC(=O)N1C[C@@H](NC(=O)COc2ccc(Cl)c(F)c2)CC[C@@H]1C(=O)Nc1cc(C(F)(F)F)cc(C(F)(F)F)c1. The first kappa shape index (κ1) is 33.7. The number of nitrogens with zero attached hydrogens (tertiary/aromatic N) is 1. The van der Waals surface area contributed by atoms with Crippen molar-refractivity contribution < 1.29 is 54.6 Å². The highest BCUT2D eigenvalue weighted by atomic mass is 35.5. The van der Waals surface area contributed by atoms with Gasteiger partial charge in [-0.2, -0.15) is 26.3 Å². The summed E-state index contributed by atoms with van der Waals surface area (Å²) in [4.78, 5) is 39.5. The number of carbonyl (C=O) groups is 3. The molecule has 1 aliphatic heterocycles. The number of hydrogen-bond donors (Lipinski definition) is 2. The number of likely N-dealkylation sites (tertiary alicyclic amines) is 1. The van der Waals surface area contributed by atoms with Crippen molar-refractivity contribution in [1.82, 2.24) is 10.2 Å². The number of anilines is 1. The molecule has 2 N–H and O–H groups in total. The minimum Gasteiger partial charge on any atom is -0.484 e. The topological polar surface area (TPSA) is 97.0 Å². The van der Waals surface area contributed by atoms with Crippen molar-refractivity contribution in [3.63, 3.8) is 0 Å². The molecule has 2 atom stereocenters. The van der Waals surface area contributed by atoms with Gasteiger partial charge < -0.3 is 20.1 Å². The second kappa shape index (κ2) is 12.9. The van der Waals surface area contributed by atoms with Crippen LogP contribution in [0.4, 0.5) is 41.2 Å². The predicted octanol–water partition coefficient (Wildman–Crippen LogP) is 6.42. The Hall–Kier alpha value is -3.75. The number of rotatable bonds is 6. The molecular formula is C27H27ClF7N3O5. The maximum Gasteiger partial charge on any atom is 0.416 e. The summed E-state index contributed by atoms with van der Waals surface area (Å²) in [7, 11) is 0. The molecule has 0 saturated carbocycles. The Labute approximate surface area is 246 Å². The lowest BCUT2D eigenvalue weighted by atomic mass is 9.97. The molecule has 0 radical (unpaired) electrons. The van der Waals surface area contributed by atoms with E-state index in [1.165, 1.54) is 12.1 Å². The maximum absolute atomic E-state index is 13.6. The van der Waals surface area contributed by atoms with Gasteiger partial charge in [-0.3, -0.25) is 14.5 Å². The van der Waals surface area contributed by atoms with Gasteiger partial charge >= 0.3 is 18.4 Å². The van der Waals surface area contributed by atoms with E-state index in [2.05, 4.69) is 10.6 Å². The minimum absolute atomic E-state index is 0.0242. The fraction of sp³-hybridized carbons (Fsp3) is 0.444. The molecule has 0 bridgehead atoms. The summed E-state index contributed by atoms with van der Waals surface area (Å²) >= 11 is 5.61. The largest absolute Gasteiger partial charge is 0.484 e. The highest BCUT2D eigenvalue weighted by Gasteiger charge is 2.40. The van der Waals surface area contributed by atoms with Crippen molar-refractivity contribution >= 4 is 35.2 Å². The van der Waals surface area contributed by atoms with E-state index >= 15 is 0 Å². The Kier molecular flexibility index (Phi) is 10.1. The lowest BCUT2D eigenvalue weighted by Gasteiger charge is -2.39. The lowest BCUT2D eigenvalue weighted by Crippen LogP contribution is -2.58. The van der Waals surface area contributed by atoms with E-state index in [1.54, 1.807) is 20.8 Å². The normalized spacial score (nSPS) is 17.7. The van der Waals surface area contributed by atoms with Crippen molar-refractivity contribution in [2.24, 2.45) is 0 Å². The molecule has 1 aliphatic rings. The minimum atomic E-state index is -5.13. The number of hydrogen-bond acceptors (Lipinski definition) is 5. The van der Waals surface area contributed by atoms with E-state index in [-0.39, 0.29) is 36.2 Å². The Morgan fingerprint density at radius 3 is 2.09 bits per heavy atom. The van der Waals surface area contributed by atoms with E-state index in [0.29, 0.717) is 12.1 Å². The highest BCUT2D eigenvalue weighted by Crippen LogP contribution is 2.38. The van der Waals surface area contributed by atoms with Gasteiger partial charge in [0.1, 0.15) is 23.2 Å². The molecular weight excluding hydrogens is 615 g/mol. The Morgan fingerprint density at radius 1 is 0.953 bits per heavy atom. The smallest absolute Gasteiger partial charge is 0.416 e. The summed E-state index contributed by atoms with van der Waals surface area (Å²) in [6.45, 7) is 3.81. The van der Waals surface area contributed by atoms with E-state index < -0.39 is 77.2 Å². The van der Waals surface area contributed by atoms with E-state index in [4.69, 9.17) is 21.1 Å². The second-order valence-electron chi connectivity index (χ2n) is 10.6. The molecule has 43 heavy (non-hydrogen) atoms. The molecule has 3 rings (SSSR count). The summed E-state index contributed by atoms with van der Waals surface area (Å²) < 4.78 is 104. The Balaban J connectivity index is 1.76. The van der Waals surface area contributed by atoms with E-state index in [0.717, 1.165) is 11.0 Å². The van der Waals surface area contributed by atoms with Crippen LogP contribution in [0.25, 0.3) is 0 Å². The summed E-state index contributed by atoms with van der Waals surface area (Å²) in [5.41, 5.74) is -5.06. The van der Waals surface area contributed by atoms with Gasteiger partial charge in [0.15, 0.2) is 6.61 Å². The molecule has 3 amide bonds. The standard InChI is InChI=1S/C27H27ClF7N3O5/c1-25(2,3)43-24(41)38-12-16(36-22(39)13-42-18-5-6-19(28)20(29)11-18)4-7-21(38)23(40)37-17-9-14(26(30,31)32)8-15(10-17)27(33,34)35/h5-6,8-11,16,21H,4,7,12-13H2,1-3H3,(H,36,39)(H,37,40)/t16-,21+/m0/s1. The van der Waals surface area contributed by atoms with Crippen molar-refractivity contribution in [3.05, 3.63) is 58.4 Å². The van der Waals surface area contributed by atoms with Crippen molar-refractivity contribution in [2.75, 3.05) is 18.5 Å². The Bertz CT molecular complexity index is 1330. The van der Waals surface area contributed by atoms with Crippen molar-refractivity contribution in [1.29, 1.82) is 0 Å². The molecule has 8 nitrogen and oxygen atoms in total. The quantitative estimate of drug-likeness (QED) is 0.355. The van der Waals surface area contributed by atoms with Gasteiger partial charge in [0.05, 0.1) is 16.1 Å². The third-order valence-corrected chi connectivity index (χ3v) is 6.30. The molecule has 2 aromatic rings. The first-order valence-corrected chi connectivity index (χ1v) is 13.1. The zero-order valence-electron chi connectivity index (χ0n) is 23.0. The summed E-state index contributed by atoms with van der Waals surface area (Å²) in [6.07, 6.45) is -11.3. The number of piperidine rings is 1. The van der Waals surface area contributed by atoms with Gasteiger partial charge in [-0.1, -0.05) is 11.6 Å². The first-order valence-electron chi connectivity index (χ1n) is 12.7. The second-order valence-corrected chi connectivity index (χ2v) is 11.0. The Morgan fingerprint density at radius 2 is 1.56 bits per heavy atom. The number of alkyl halides is 6. The molecule has 0 aromatic heterocycles. The molecule has 1 heterocycles. The third kappa shape index (κ3) is 9.63. The average molecular weight is 642 g/mol. The molecule has 2 aromatic carbocycles. The van der Waals surface area contributed by atoms with Crippen LogP contribution in [0.5, 0.6) is 5.75 Å². The first-order chi connectivity index (χ1) is 19.7. The van der Waals surface area contributed by atoms with Gasteiger partial charge in [0.2, 0.25) is 5.91 Å². The number of ether oxygens (including phenoxy) is 2. The molecule has 0 aliphatic carbocycles. The zero-order valence-corrected chi connectivity index (χ0v) is 23.7. The van der Waals surface area contributed by atoms with Crippen LogP contribution in [0, 0.1) is 5.82 Å². The molecule has 1 fully saturated rings. The van der Waals surface area contributed by atoms with Crippen LogP contribution in [-0.4, -0.2) is 53.6 Å². The molecule has 1 saturated heterocycles. The van der Waals surface area contributed by atoms with Gasteiger partial charge in [-0.25, -0.2) is 9.18 Å². The number of benzene rings is 2. The zero-order chi connectivity index (χ0) is 32.3.